The molecule has 0 aromatic carbocycles. The van der Waals surface area contributed by atoms with Crippen LogP contribution in [0.25, 0.3) is 0 Å². The fraction of sp³-hybridized carbons (Fsp3) is 0.667. The zero-order chi connectivity index (χ0) is 13.5. The minimum atomic E-state index is 0.0487. The summed E-state index contributed by atoms with van der Waals surface area (Å²) < 4.78 is 5.03. The Kier molecular flexibility index (Phi) is 6.24. The quantitative estimate of drug-likeness (QED) is 0.797. The molecule has 1 rings (SSSR count). The third kappa shape index (κ3) is 5.12. The third-order valence-corrected chi connectivity index (χ3v) is 3.54. The molecule has 6 heteroatoms. The minimum Gasteiger partial charge on any atom is -0.378 e. The zero-order valence-electron chi connectivity index (χ0n) is 11.4. The van der Waals surface area contributed by atoms with Crippen molar-refractivity contribution in [1.29, 1.82) is 0 Å². The van der Waals surface area contributed by atoms with E-state index < -0.39 is 0 Å². The van der Waals surface area contributed by atoms with Crippen LogP contribution < -0.4 is 5.32 Å². The number of hydrogen-bond donors (Lipinski definition) is 1. The molecular weight excluding hydrogens is 250 g/mol. The normalized spacial score (nSPS) is 10.9. The predicted molar refractivity (Wildman–Crippen MR) is 72.8 cm³/mol. The molecule has 1 N–H and O–H groups in total. The summed E-state index contributed by atoms with van der Waals surface area (Å²) in [6, 6.07) is 0. The number of nitrogens with zero attached hydrogens (tertiary/aromatic N) is 2. The van der Waals surface area contributed by atoms with Gasteiger partial charge < -0.3 is 15.0 Å². The Balaban J connectivity index is 2.43. The van der Waals surface area contributed by atoms with Crippen LogP contribution in [-0.2, 0) is 22.6 Å². The van der Waals surface area contributed by atoms with Crippen LogP contribution in [0.4, 0.5) is 0 Å². The van der Waals surface area contributed by atoms with E-state index in [4.69, 9.17) is 4.74 Å². The second-order valence-electron chi connectivity index (χ2n) is 4.38. The summed E-state index contributed by atoms with van der Waals surface area (Å²) in [5, 5.41) is 3.82. The molecule has 0 spiro atoms. The van der Waals surface area contributed by atoms with Crippen molar-refractivity contribution in [3.8, 4) is 0 Å². The number of hydrogen-bond acceptors (Lipinski definition) is 5. The molecule has 0 aliphatic rings. The van der Waals surface area contributed by atoms with E-state index in [1.54, 1.807) is 18.4 Å². The number of carbonyl (C=O) groups excluding carboxylic acids is 1. The molecule has 1 amide bonds. The molecule has 102 valence electrons. The lowest BCUT2D eigenvalue weighted by Gasteiger charge is -2.09. The number of ether oxygens (including phenoxy) is 1. The first-order chi connectivity index (χ1) is 8.52. The number of aromatic nitrogens is 1. The van der Waals surface area contributed by atoms with Gasteiger partial charge in [0.05, 0.1) is 18.7 Å². The SMILES string of the molecule is COCc1nc(C)c(CC(=O)NCCN(C)C)s1. The van der Waals surface area contributed by atoms with E-state index in [-0.39, 0.29) is 5.91 Å². The number of carbonyl (C=O) groups is 1. The lowest BCUT2D eigenvalue weighted by molar-refractivity contribution is -0.120. The van der Waals surface area contributed by atoms with Crippen molar-refractivity contribution >= 4 is 17.2 Å². The van der Waals surface area contributed by atoms with Crippen LogP contribution in [-0.4, -0.2) is 50.1 Å². The van der Waals surface area contributed by atoms with Crippen molar-refractivity contribution in [1.82, 2.24) is 15.2 Å². The molecule has 0 radical (unpaired) electrons. The molecule has 1 heterocycles. The van der Waals surface area contributed by atoms with E-state index in [1.165, 1.54) is 0 Å². The second kappa shape index (κ2) is 7.45. The number of nitrogens with one attached hydrogen (secondary N) is 1. The predicted octanol–water partition coefficient (Wildman–Crippen LogP) is 0.818. The molecule has 0 saturated carbocycles. The van der Waals surface area contributed by atoms with Crippen LogP contribution in [0.1, 0.15) is 15.6 Å². The Morgan fingerprint density at radius 2 is 2.22 bits per heavy atom. The lowest BCUT2D eigenvalue weighted by atomic mass is 10.3. The van der Waals surface area contributed by atoms with Gasteiger partial charge >= 0.3 is 0 Å². The van der Waals surface area contributed by atoms with E-state index in [0.29, 0.717) is 19.6 Å². The van der Waals surface area contributed by atoms with E-state index in [9.17, 15) is 4.79 Å². The molecule has 1 aromatic heterocycles. The van der Waals surface area contributed by atoms with Crippen molar-refractivity contribution in [2.75, 3.05) is 34.3 Å². The van der Waals surface area contributed by atoms with Crippen LogP contribution in [0.5, 0.6) is 0 Å². The van der Waals surface area contributed by atoms with E-state index in [2.05, 4.69) is 10.3 Å². The maximum atomic E-state index is 11.7. The fourth-order valence-electron chi connectivity index (χ4n) is 1.46. The third-order valence-electron chi connectivity index (χ3n) is 2.41. The number of amides is 1. The second-order valence-corrected chi connectivity index (χ2v) is 5.55. The highest BCUT2D eigenvalue weighted by Crippen LogP contribution is 2.19. The molecule has 0 bridgehead atoms. The summed E-state index contributed by atoms with van der Waals surface area (Å²) in [4.78, 5) is 19.2. The van der Waals surface area contributed by atoms with Gasteiger partial charge in [-0.1, -0.05) is 0 Å². The molecule has 18 heavy (non-hydrogen) atoms. The van der Waals surface area contributed by atoms with Gasteiger partial charge in [0.25, 0.3) is 0 Å². The zero-order valence-corrected chi connectivity index (χ0v) is 12.3. The number of rotatable bonds is 7. The number of methoxy groups -OCH3 is 1. The van der Waals surface area contributed by atoms with Gasteiger partial charge in [0, 0.05) is 25.1 Å². The van der Waals surface area contributed by atoms with Crippen molar-refractivity contribution < 1.29 is 9.53 Å². The number of thiazole rings is 1. The summed E-state index contributed by atoms with van der Waals surface area (Å²) in [6.45, 7) is 3.96. The van der Waals surface area contributed by atoms with Crippen molar-refractivity contribution in [2.24, 2.45) is 0 Å². The van der Waals surface area contributed by atoms with Crippen LogP contribution >= 0.6 is 11.3 Å². The monoisotopic (exact) mass is 271 g/mol. The van der Waals surface area contributed by atoms with Gasteiger partial charge in [-0.3, -0.25) is 4.79 Å². The Bertz CT molecular complexity index is 391. The van der Waals surface area contributed by atoms with Gasteiger partial charge in [-0.2, -0.15) is 0 Å². The Hall–Kier alpha value is -0.980. The first kappa shape index (κ1) is 15.1. The van der Waals surface area contributed by atoms with Crippen LogP contribution in [0.15, 0.2) is 0 Å². The lowest BCUT2D eigenvalue weighted by Crippen LogP contribution is -2.32. The molecule has 0 atom stereocenters. The van der Waals surface area contributed by atoms with Gasteiger partial charge in [-0.05, 0) is 21.0 Å². The van der Waals surface area contributed by atoms with Crippen LogP contribution in [0.3, 0.4) is 0 Å². The van der Waals surface area contributed by atoms with Gasteiger partial charge in [-0.15, -0.1) is 11.3 Å². The molecule has 0 aliphatic carbocycles. The van der Waals surface area contributed by atoms with Gasteiger partial charge in [0.1, 0.15) is 5.01 Å². The van der Waals surface area contributed by atoms with Crippen LogP contribution in [0, 0.1) is 6.92 Å². The Morgan fingerprint density at radius 3 is 2.83 bits per heavy atom. The molecule has 0 fully saturated rings. The highest BCUT2D eigenvalue weighted by Gasteiger charge is 2.11. The maximum Gasteiger partial charge on any atom is 0.225 e. The summed E-state index contributed by atoms with van der Waals surface area (Å²) in [5.41, 5.74) is 0.926. The van der Waals surface area contributed by atoms with Gasteiger partial charge in [0.15, 0.2) is 0 Å². The van der Waals surface area contributed by atoms with Crippen molar-refractivity contribution in [2.45, 2.75) is 20.0 Å². The van der Waals surface area contributed by atoms with E-state index >= 15 is 0 Å². The summed E-state index contributed by atoms with van der Waals surface area (Å²) in [7, 11) is 5.61. The highest BCUT2D eigenvalue weighted by molar-refractivity contribution is 7.11. The standard InChI is InChI=1S/C12H21N3O2S/c1-9-10(18-12(14-9)8-17-4)7-11(16)13-5-6-15(2)3/h5-8H2,1-4H3,(H,13,16). The van der Waals surface area contributed by atoms with Crippen molar-refractivity contribution in [3.63, 3.8) is 0 Å². The minimum absolute atomic E-state index is 0.0487. The average Bonchev–Trinajstić information content (AvgIpc) is 2.59. The van der Waals surface area contributed by atoms with E-state index in [1.807, 2.05) is 25.9 Å². The maximum absolute atomic E-state index is 11.7. The first-order valence-electron chi connectivity index (χ1n) is 5.88. The van der Waals surface area contributed by atoms with Gasteiger partial charge in [0.2, 0.25) is 5.91 Å². The van der Waals surface area contributed by atoms with Gasteiger partial charge in [-0.25, -0.2) is 4.98 Å². The smallest absolute Gasteiger partial charge is 0.225 e. The number of likely N-dealkylation sites (N-methyl/N-ethyl adjacent to an activating group) is 1. The topological polar surface area (TPSA) is 54.5 Å². The highest BCUT2D eigenvalue weighted by atomic mass is 32.1. The molecule has 0 aliphatic heterocycles. The summed E-state index contributed by atoms with van der Waals surface area (Å²) in [5.74, 6) is 0.0487. The number of aryl methyl sites for hydroxylation is 1. The van der Waals surface area contributed by atoms with Crippen LogP contribution in [0.2, 0.25) is 0 Å². The Morgan fingerprint density at radius 1 is 1.50 bits per heavy atom. The molecule has 5 nitrogen and oxygen atoms in total. The Labute approximate surface area is 112 Å². The molecular formula is C12H21N3O2S. The average molecular weight is 271 g/mol. The summed E-state index contributed by atoms with van der Waals surface area (Å²) in [6.07, 6.45) is 0.403. The van der Waals surface area contributed by atoms with E-state index in [0.717, 1.165) is 22.1 Å². The first-order valence-corrected chi connectivity index (χ1v) is 6.70. The molecule has 0 unspecified atom stereocenters. The fourth-order valence-corrected chi connectivity index (χ4v) is 2.51. The summed E-state index contributed by atoms with van der Waals surface area (Å²) >= 11 is 1.54. The van der Waals surface area contributed by atoms with Crippen molar-refractivity contribution in [3.05, 3.63) is 15.6 Å². The largest absolute Gasteiger partial charge is 0.378 e. The molecule has 1 aromatic rings. The molecule has 0 saturated heterocycles.